The van der Waals surface area contributed by atoms with Crippen molar-refractivity contribution in [3.05, 3.63) is 23.8 Å². The Morgan fingerprint density at radius 3 is 3.00 bits per heavy atom. The number of carbonyl (C=O) groups is 1. The molecule has 2 unspecified atom stereocenters. The Hall–Kier alpha value is -1.46. The van der Waals surface area contributed by atoms with Crippen LogP contribution in [0.15, 0.2) is 18.2 Å². The normalized spacial score (nSPS) is 26.2. The zero-order valence-corrected chi connectivity index (χ0v) is 12.5. The van der Waals surface area contributed by atoms with Crippen LogP contribution in [0.1, 0.15) is 23.2 Å². The maximum Gasteiger partial charge on any atom is 0.254 e. The van der Waals surface area contributed by atoms with E-state index in [1.165, 1.54) is 6.42 Å². The maximum atomic E-state index is 12.6. The Labute approximate surface area is 130 Å². The lowest BCUT2D eigenvalue weighted by Crippen LogP contribution is -2.46. The summed E-state index contributed by atoms with van der Waals surface area (Å²) in [5.74, 6) is 2.11. The molecule has 2 fully saturated rings. The first-order valence-corrected chi connectivity index (χ1v) is 7.23. The summed E-state index contributed by atoms with van der Waals surface area (Å²) in [6.45, 7) is 3.03. The van der Waals surface area contributed by atoms with Gasteiger partial charge in [0.2, 0.25) is 6.79 Å². The number of fused-ring (bicyclic) bond motifs is 2. The van der Waals surface area contributed by atoms with Gasteiger partial charge in [-0.15, -0.1) is 12.4 Å². The Morgan fingerprint density at radius 1 is 1.24 bits per heavy atom. The summed E-state index contributed by atoms with van der Waals surface area (Å²) in [4.78, 5) is 14.6. The molecule has 21 heavy (non-hydrogen) atoms. The number of carbonyl (C=O) groups excluding carboxylic acids is 1. The molecule has 1 amide bonds. The molecule has 5 nitrogen and oxygen atoms in total. The van der Waals surface area contributed by atoms with E-state index in [4.69, 9.17) is 9.47 Å². The van der Waals surface area contributed by atoms with Crippen LogP contribution in [0.2, 0.25) is 0 Å². The third kappa shape index (κ3) is 2.56. The highest BCUT2D eigenvalue weighted by molar-refractivity contribution is 5.95. The predicted molar refractivity (Wildman–Crippen MR) is 80.2 cm³/mol. The van der Waals surface area contributed by atoms with Crippen LogP contribution < -0.4 is 14.8 Å². The van der Waals surface area contributed by atoms with Crippen molar-refractivity contribution in [3.8, 4) is 11.5 Å². The topological polar surface area (TPSA) is 50.8 Å². The number of amides is 1. The number of nitrogens with one attached hydrogen (secondary N) is 1. The van der Waals surface area contributed by atoms with Crippen molar-refractivity contribution >= 4 is 18.3 Å². The summed E-state index contributed by atoms with van der Waals surface area (Å²) in [6, 6.07) is 6.05. The molecule has 114 valence electrons. The zero-order valence-electron chi connectivity index (χ0n) is 11.7. The molecule has 0 aromatic heterocycles. The van der Waals surface area contributed by atoms with E-state index in [9.17, 15) is 4.79 Å². The lowest BCUT2D eigenvalue weighted by Gasteiger charge is -2.34. The highest BCUT2D eigenvalue weighted by Crippen LogP contribution is 2.33. The first-order valence-electron chi connectivity index (χ1n) is 7.23. The summed E-state index contributed by atoms with van der Waals surface area (Å²) in [6.07, 6.45) is 2.23. The molecule has 0 radical (unpaired) electrons. The number of likely N-dealkylation sites (tertiary alicyclic amines) is 1. The van der Waals surface area contributed by atoms with E-state index in [1.807, 2.05) is 17.0 Å². The minimum atomic E-state index is 0. The summed E-state index contributed by atoms with van der Waals surface area (Å²) in [5, 5.41) is 3.52. The number of benzene rings is 1. The van der Waals surface area contributed by atoms with E-state index in [2.05, 4.69) is 5.32 Å². The van der Waals surface area contributed by atoms with Gasteiger partial charge >= 0.3 is 0 Å². The van der Waals surface area contributed by atoms with E-state index in [0.717, 1.165) is 31.8 Å². The Morgan fingerprint density at radius 2 is 2.10 bits per heavy atom. The van der Waals surface area contributed by atoms with Gasteiger partial charge in [-0.3, -0.25) is 4.79 Å². The minimum absolute atomic E-state index is 0. The van der Waals surface area contributed by atoms with Crippen molar-refractivity contribution in [1.29, 1.82) is 0 Å². The zero-order chi connectivity index (χ0) is 13.5. The molecule has 0 spiro atoms. The highest BCUT2D eigenvalue weighted by atomic mass is 35.5. The molecule has 3 aliphatic heterocycles. The van der Waals surface area contributed by atoms with E-state index in [0.29, 0.717) is 23.3 Å². The van der Waals surface area contributed by atoms with Crippen molar-refractivity contribution in [2.45, 2.75) is 18.9 Å². The average Bonchev–Trinajstić information content (AvgIpc) is 3.13. The van der Waals surface area contributed by atoms with Gasteiger partial charge in [-0.05, 0) is 43.5 Å². The lowest BCUT2D eigenvalue weighted by atomic mass is 9.93. The average molecular weight is 311 g/mol. The molecule has 0 saturated carbocycles. The van der Waals surface area contributed by atoms with Gasteiger partial charge in [-0.25, -0.2) is 0 Å². The van der Waals surface area contributed by atoms with E-state index < -0.39 is 0 Å². The van der Waals surface area contributed by atoms with Crippen molar-refractivity contribution in [2.75, 3.05) is 26.4 Å². The fraction of sp³-hybridized carbons (Fsp3) is 0.533. The smallest absolute Gasteiger partial charge is 0.254 e. The molecule has 1 N–H and O–H groups in total. The fourth-order valence-electron chi connectivity index (χ4n) is 3.44. The fourth-order valence-corrected chi connectivity index (χ4v) is 3.44. The second kappa shape index (κ2) is 5.73. The number of ether oxygens (including phenoxy) is 2. The quantitative estimate of drug-likeness (QED) is 0.857. The minimum Gasteiger partial charge on any atom is -0.454 e. The van der Waals surface area contributed by atoms with Gasteiger partial charge in [0.25, 0.3) is 5.91 Å². The summed E-state index contributed by atoms with van der Waals surface area (Å²) in [7, 11) is 0. The molecule has 1 aromatic rings. The van der Waals surface area contributed by atoms with E-state index in [-0.39, 0.29) is 25.1 Å². The van der Waals surface area contributed by atoms with Crippen molar-refractivity contribution in [2.24, 2.45) is 5.92 Å². The summed E-state index contributed by atoms with van der Waals surface area (Å²) < 4.78 is 10.6. The third-order valence-electron chi connectivity index (χ3n) is 4.56. The number of nitrogens with zero attached hydrogens (tertiary/aromatic N) is 1. The molecular weight excluding hydrogens is 292 g/mol. The first-order chi connectivity index (χ1) is 9.81. The van der Waals surface area contributed by atoms with Gasteiger partial charge < -0.3 is 19.7 Å². The van der Waals surface area contributed by atoms with Gasteiger partial charge in [-0.2, -0.15) is 0 Å². The van der Waals surface area contributed by atoms with Gasteiger partial charge in [0, 0.05) is 24.7 Å². The van der Waals surface area contributed by atoms with Gasteiger partial charge in [0.05, 0.1) is 0 Å². The molecule has 2 saturated heterocycles. The molecule has 6 heteroatoms. The molecule has 3 aliphatic rings. The largest absolute Gasteiger partial charge is 0.454 e. The third-order valence-corrected chi connectivity index (χ3v) is 4.56. The number of rotatable bonds is 1. The van der Waals surface area contributed by atoms with Crippen LogP contribution in [0.5, 0.6) is 11.5 Å². The standard InChI is InChI=1S/C15H18N2O3.ClH/c18-15(10-1-2-13-14(7-10)20-9-19-13)17-6-4-12-11(8-17)3-5-16-12;/h1-2,7,11-12,16H,3-6,8-9H2;1H. The van der Waals surface area contributed by atoms with Crippen LogP contribution >= 0.6 is 12.4 Å². The monoisotopic (exact) mass is 310 g/mol. The Bertz CT molecular complexity index is 552. The second-order valence-corrected chi connectivity index (χ2v) is 5.72. The van der Waals surface area contributed by atoms with Crippen LogP contribution in [0.25, 0.3) is 0 Å². The molecule has 0 aliphatic carbocycles. The molecule has 0 bridgehead atoms. The SMILES string of the molecule is Cl.O=C(c1ccc2c(c1)OCO2)N1CCC2NCCC2C1. The molecule has 3 heterocycles. The molecule has 4 rings (SSSR count). The van der Waals surface area contributed by atoms with Crippen LogP contribution in [0.3, 0.4) is 0 Å². The van der Waals surface area contributed by atoms with Gasteiger partial charge in [0.15, 0.2) is 11.5 Å². The number of halogens is 1. The molecular formula is C15H19ClN2O3. The van der Waals surface area contributed by atoms with Crippen LogP contribution in [0, 0.1) is 5.92 Å². The highest BCUT2D eigenvalue weighted by Gasteiger charge is 2.34. The number of piperidine rings is 1. The van der Waals surface area contributed by atoms with E-state index in [1.54, 1.807) is 6.07 Å². The number of hydrogen-bond acceptors (Lipinski definition) is 4. The molecule has 2 atom stereocenters. The Kier molecular flexibility index (Phi) is 3.95. The van der Waals surface area contributed by atoms with Gasteiger partial charge in [0.1, 0.15) is 0 Å². The maximum absolute atomic E-state index is 12.6. The second-order valence-electron chi connectivity index (χ2n) is 5.72. The summed E-state index contributed by atoms with van der Waals surface area (Å²) in [5.41, 5.74) is 0.693. The van der Waals surface area contributed by atoms with Gasteiger partial charge in [-0.1, -0.05) is 0 Å². The van der Waals surface area contributed by atoms with Crippen LogP contribution in [0.4, 0.5) is 0 Å². The predicted octanol–water partition coefficient (Wildman–Crippen LogP) is 1.66. The molecule has 1 aromatic carbocycles. The number of hydrogen-bond donors (Lipinski definition) is 1. The van der Waals surface area contributed by atoms with E-state index >= 15 is 0 Å². The van der Waals surface area contributed by atoms with Crippen molar-refractivity contribution < 1.29 is 14.3 Å². The van der Waals surface area contributed by atoms with Crippen molar-refractivity contribution in [3.63, 3.8) is 0 Å². The Balaban J connectivity index is 0.00000132. The lowest BCUT2D eigenvalue weighted by molar-refractivity contribution is 0.0661. The van der Waals surface area contributed by atoms with Crippen LogP contribution in [-0.4, -0.2) is 43.3 Å². The first kappa shape index (κ1) is 14.5. The van der Waals surface area contributed by atoms with Crippen molar-refractivity contribution in [1.82, 2.24) is 10.2 Å². The summed E-state index contributed by atoms with van der Waals surface area (Å²) >= 11 is 0. The van der Waals surface area contributed by atoms with Crippen LogP contribution in [-0.2, 0) is 0 Å².